The van der Waals surface area contributed by atoms with Gasteiger partial charge in [-0.1, -0.05) is 0 Å². The fraction of sp³-hybridized carbons (Fsp3) is 0.333. The van der Waals surface area contributed by atoms with Gasteiger partial charge in [-0.25, -0.2) is 13.2 Å². The molecule has 1 amide bonds. The lowest BCUT2D eigenvalue weighted by Crippen LogP contribution is -2.43. The minimum Gasteiger partial charge on any atom is -0.329 e. The van der Waals surface area contributed by atoms with Crippen LogP contribution in [0.4, 0.5) is 26.3 Å². The summed E-state index contributed by atoms with van der Waals surface area (Å²) in [6, 6.07) is 3.71. The first-order valence-corrected chi connectivity index (χ1v) is 9.93. The fourth-order valence-electron chi connectivity index (χ4n) is 3.80. The highest BCUT2D eigenvalue weighted by molar-refractivity contribution is 5.98. The van der Waals surface area contributed by atoms with Gasteiger partial charge >= 0.3 is 6.18 Å². The van der Waals surface area contributed by atoms with Crippen LogP contribution in [0.15, 0.2) is 48.9 Å². The maximum Gasteiger partial charge on any atom is 0.417 e. The minimum absolute atomic E-state index is 0.00312. The third-order valence-corrected chi connectivity index (χ3v) is 5.46. The third kappa shape index (κ3) is 4.69. The van der Waals surface area contributed by atoms with Crippen LogP contribution in [0.3, 0.4) is 0 Å². The topological polar surface area (TPSA) is 63.9 Å². The Hall–Kier alpha value is -3.44. The van der Waals surface area contributed by atoms with Gasteiger partial charge in [-0.3, -0.25) is 9.78 Å². The van der Waals surface area contributed by atoms with Crippen LogP contribution in [0, 0.1) is 5.82 Å². The van der Waals surface area contributed by atoms with E-state index in [9.17, 15) is 31.1 Å². The predicted molar refractivity (Wildman–Crippen MR) is 103 cm³/mol. The zero-order valence-corrected chi connectivity index (χ0v) is 16.9. The number of amides is 1. The summed E-state index contributed by atoms with van der Waals surface area (Å²) in [6.45, 7) is -0.236. The van der Waals surface area contributed by atoms with E-state index in [1.54, 1.807) is 0 Å². The normalized spacial score (nSPS) is 18.0. The zero-order valence-electron chi connectivity index (χ0n) is 16.9. The first-order chi connectivity index (χ1) is 15.6. The van der Waals surface area contributed by atoms with Crippen molar-refractivity contribution in [3.05, 3.63) is 71.6 Å². The van der Waals surface area contributed by atoms with E-state index in [4.69, 9.17) is 0 Å². The number of aromatic nitrogens is 4. The van der Waals surface area contributed by atoms with Crippen LogP contribution < -0.4 is 0 Å². The highest BCUT2D eigenvalue weighted by atomic mass is 19.4. The molecule has 6 nitrogen and oxygen atoms in total. The van der Waals surface area contributed by atoms with Crippen molar-refractivity contribution in [1.29, 1.82) is 0 Å². The van der Waals surface area contributed by atoms with Gasteiger partial charge in [0.05, 0.1) is 29.6 Å². The fourth-order valence-corrected chi connectivity index (χ4v) is 3.80. The molecule has 0 bridgehead atoms. The third-order valence-electron chi connectivity index (χ3n) is 5.46. The van der Waals surface area contributed by atoms with Gasteiger partial charge in [-0.05, 0) is 37.1 Å². The molecule has 1 saturated heterocycles. The first kappa shape index (κ1) is 22.7. The summed E-state index contributed by atoms with van der Waals surface area (Å²) >= 11 is 0. The Morgan fingerprint density at radius 3 is 2.48 bits per heavy atom. The molecule has 2 aromatic heterocycles. The van der Waals surface area contributed by atoms with Crippen molar-refractivity contribution in [2.45, 2.75) is 37.4 Å². The molecule has 33 heavy (non-hydrogen) atoms. The van der Waals surface area contributed by atoms with Gasteiger partial charge in [0.25, 0.3) is 11.8 Å². The van der Waals surface area contributed by atoms with Gasteiger partial charge in [0, 0.05) is 30.9 Å². The van der Waals surface area contributed by atoms with E-state index in [0.717, 1.165) is 34.0 Å². The summed E-state index contributed by atoms with van der Waals surface area (Å²) in [5.41, 5.74) is -0.794. The molecule has 1 fully saturated rings. The number of pyridine rings is 1. The van der Waals surface area contributed by atoms with Crippen LogP contribution >= 0.6 is 0 Å². The molecule has 12 heteroatoms. The molecule has 0 saturated carbocycles. The molecular formula is C21H17F6N5O. The molecule has 1 atom stereocenters. The minimum atomic E-state index is -4.55. The second kappa shape index (κ2) is 8.49. The molecule has 174 valence electrons. The first-order valence-electron chi connectivity index (χ1n) is 9.93. The van der Waals surface area contributed by atoms with Gasteiger partial charge in [-0.2, -0.15) is 28.2 Å². The highest BCUT2D eigenvalue weighted by Crippen LogP contribution is 2.38. The van der Waals surface area contributed by atoms with Gasteiger partial charge in [0.2, 0.25) is 0 Å². The van der Waals surface area contributed by atoms with Crippen molar-refractivity contribution in [2.75, 3.05) is 6.54 Å². The number of rotatable bonds is 5. The van der Waals surface area contributed by atoms with Crippen LogP contribution in [0.25, 0.3) is 5.69 Å². The van der Waals surface area contributed by atoms with E-state index < -0.39 is 41.8 Å². The second-order valence-electron chi connectivity index (χ2n) is 7.58. The molecule has 3 heterocycles. The van der Waals surface area contributed by atoms with E-state index in [1.165, 1.54) is 18.5 Å². The Kier molecular flexibility index (Phi) is 5.85. The van der Waals surface area contributed by atoms with Crippen molar-refractivity contribution in [2.24, 2.45) is 0 Å². The largest absolute Gasteiger partial charge is 0.417 e. The predicted octanol–water partition coefficient (Wildman–Crippen LogP) is 4.30. The molecule has 0 radical (unpaired) electrons. The molecule has 1 aliphatic rings. The molecule has 4 rings (SSSR count). The van der Waals surface area contributed by atoms with Crippen LogP contribution in [-0.2, 0) is 12.6 Å². The number of nitrogens with zero attached hydrogens (tertiary/aromatic N) is 5. The van der Waals surface area contributed by atoms with Gasteiger partial charge < -0.3 is 4.90 Å². The highest BCUT2D eigenvalue weighted by Gasteiger charge is 2.50. The van der Waals surface area contributed by atoms with Gasteiger partial charge in [0.15, 0.2) is 0 Å². The van der Waals surface area contributed by atoms with Crippen LogP contribution in [-0.4, -0.2) is 49.3 Å². The second-order valence-corrected chi connectivity index (χ2v) is 7.58. The maximum atomic E-state index is 14.6. The van der Waals surface area contributed by atoms with E-state index in [2.05, 4.69) is 15.2 Å². The Morgan fingerprint density at radius 1 is 1.12 bits per heavy atom. The zero-order chi connectivity index (χ0) is 23.8. The number of halogens is 6. The van der Waals surface area contributed by atoms with Crippen molar-refractivity contribution in [3.63, 3.8) is 0 Å². The van der Waals surface area contributed by atoms with E-state index >= 15 is 0 Å². The Bertz CT molecular complexity index is 1130. The lowest BCUT2D eigenvalue weighted by atomic mass is 10.0. The number of benzene rings is 1. The number of hydrogen-bond acceptors (Lipinski definition) is 4. The Morgan fingerprint density at radius 2 is 1.85 bits per heavy atom. The number of carbonyl (C=O) groups is 1. The summed E-state index contributed by atoms with van der Waals surface area (Å²) in [5, 5.41) is 7.75. The summed E-state index contributed by atoms with van der Waals surface area (Å²) < 4.78 is 81.2. The van der Waals surface area contributed by atoms with E-state index in [1.807, 2.05) is 0 Å². The van der Waals surface area contributed by atoms with Crippen LogP contribution in [0.2, 0.25) is 0 Å². The van der Waals surface area contributed by atoms with E-state index in [0.29, 0.717) is 6.20 Å². The molecule has 1 aliphatic heterocycles. The molecule has 0 unspecified atom stereocenters. The van der Waals surface area contributed by atoms with E-state index in [-0.39, 0.29) is 36.3 Å². The monoisotopic (exact) mass is 469 g/mol. The smallest absolute Gasteiger partial charge is 0.329 e. The van der Waals surface area contributed by atoms with Crippen LogP contribution in [0.1, 0.15) is 34.5 Å². The maximum absolute atomic E-state index is 14.6. The van der Waals surface area contributed by atoms with Crippen molar-refractivity contribution in [1.82, 2.24) is 24.9 Å². The quantitative estimate of drug-likeness (QED) is 0.523. The number of aryl methyl sites for hydroxylation is 1. The number of alkyl halides is 5. The van der Waals surface area contributed by atoms with Crippen molar-refractivity contribution in [3.8, 4) is 5.69 Å². The van der Waals surface area contributed by atoms with Crippen molar-refractivity contribution < 1.29 is 31.1 Å². The average molecular weight is 469 g/mol. The summed E-state index contributed by atoms with van der Waals surface area (Å²) in [5.74, 6) is -4.61. The number of hydrogen-bond donors (Lipinski definition) is 0. The standard InChI is InChI=1S/C21H17F6N5O/c22-14-2-5-16(17(11-14)32-29-8-9-30-32)19(33)31-10-7-20(23,24)18(31)6-4-15-3-1-13(12-28-15)21(25,26)27/h1-3,5,8-9,11-12,18H,4,6-7,10H2/t18-/m1/s1. The lowest BCUT2D eigenvalue weighted by Gasteiger charge is -2.28. The lowest BCUT2D eigenvalue weighted by molar-refractivity contribution is -0.137. The molecule has 1 aromatic carbocycles. The van der Waals surface area contributed by atoms with Gasteiger partial charge in [0.1, 0.15) is 11.5 Å². The molecule has 0 N–H and O–H groups in total. The summed E-state index contributed by atoms with van der Waals surface area (Å²) in [6.07, 6.45) is -2.10. The number of carbonyl (C=O) groups excluding carboxylic acids is 1. The summed E-state index contributed by atoms with van der Waals surface area (Å²) in [4.78, 5) is 18.9. The van der Waals surface area contributed by atoms with Gasteiger partial charge in [-0.15, -0.1) is 0 Å². The van der Waals surface area contributed by atoms with Crippen molar-refractivity contribution >= 4 is 5.91 Å². The molecule has 3 aromatic rings. The summed E-state index contributed by atoms with van der Waals surface area (Å²) in [7, 11) is 0. The molecule has 0 aliphatic carbocycles. The Balaban J connectivity index is 1.56. The molecule has 0 spiro atoms. The number of likely N-dealkylation sites (tertiary alicyclic amines) is 1. The average Bonchev–Trinajstić information content (AvgIpc) is 3.39. The SMILES string of the molecule is O=C(c1ccc(F)cc1-n1nccn1)N1CCC(F)(F)[C@H]1CCc1ccc(C(F)(F)F)cn1. The Labute approximate surface area is 183 Å². The van der Waals surface area contributed by atoms with Crippen LogP contribution in [0.5, 0.6) is 0 Å². The molecular weight excluding hydrogens is 452 g/mol.